The molecule has 0 N–H and O–H groups in total. The van der Waals surface area contributed by atoms with Crippen molar-refractivity contribution in [2.24, 2.45) is 0 Å². The standard InChI is InChI=1S/C21H21N7O/c1-14-3-2-4-16(25-14)20-11-17(26-29-20)19-6-5-15-13-27(9-10-28(15)19)21-18(12-22)23-7-8-24-21/h2-4,7-8,11,15,19H,5-6,9-10,13H2,1H3/t15-,19+/m1/s1. The summed E-state index contributed by atoms with van der Waals surface area (Å²) in [6.45, 7) is 4.51. The largest absolute Gasteiger partial charge is 0.354 e. The van der Waals surface area contributed by atoms with Crippen LogP contribution in [0.3, 0.4) is 0 Å². The van der Waals surface area contributed by atoms with E-state index in [1.54, 1.807) is 12.4 Å². The maximum absolute atomic E-state index is 9.33. The smallest absolute Gasteiger partial charge is 0.185 e. The summed E-state index contributed by atoms with van der Waals surface area (Å²) in [5.74, 6) is 1.40. The van der Waals surface area contributed by atoms with Crippen molar-refractivity contribution in [1.29, 1.82) is 5.26 Å². The summed E-state index contributed by atoms with van der Waals surface area (Å²) in [6, 6.07) is 10.7. The summed E-state index contributed by atoms with van der Waals surface area (Å²) >= 11 is 0. The summed E-state index contributed by atoms with van der Waals surface area (Å²) in [5, 5.41) is 13.7. The Morgan fingerprint density at radius 2 is 2.07 bits per heavy atom. The molecule has 2 aliphatic rings. The van der Waals surface area contributed by atoms with Crippen LogP contribution in [0, 0.1) is 18.3 Å². The SMILES string of the molecule is Cc1cccc(-c2cc([C@@H]3CC[C@@H]4CN(c5nccnc5C#N)CCN43)no2)n1. The third-order valence-electron chi connectivity index (χ3n) is 5.80. The molecule has 2 atom stereocenters. The Bertz CT molecular complexity index is 1070. The topological polar surface area (TPSA) is 95.0 Å². The second-order valence-electron chi connectivity index (χ2n) is 7.55. The Kier molecular flexibility index (Phi) is 4.45. The maximum Gasteiger partial charge on any atom is 0.185 e. The molecule has 8 heteroatoms. The van der Waals surface area contributed by atoms with Gasteiger partial charge in [-0.05, 0) is 31.9 Å². The number of aryl methyl sites for hydroxylation is 1. The molecule has 2 fully saturated rings. The van der Waals surface area contributed by atoms with Crippen molar-refractivity contribution in [3.63, 3.8) is 0 Å². The first kappa shape index (κ1) is 17.8. The number of anilines is 1. The van der Waals surface area contributed by atoms with Gasteiger partial charge in [0, 0.05) is 49.8 Å². The van der Waals surface area contributed by atoms with Gasteiger partial charge < -0.3 is 9.42 Å². The predicted molar refractivity (Wildman–Crippen MR) is 106 cm³/mol. The zero-order valence-electron chi connectivity index (χ0n) is 16.2. The van der Waals surface area contributed by atoms with Crippen LogP contribution in [0.4, 0.5) is 5.82 Å². The van der Waals surface area contributed by atoms with Crippen molar-refractivity contribution in [1.82, 2.24) is 25.0 Å². The first-order valence-electron chi connectivity index (χ1n) is 9.85. The quantitative estimate of drug-likeness (QED) is 0.677. The lowest BCUT2D eigenvalue weighted by Crippen LogP contribution is -2.51. The molecule has 29 heavy (non-hydrogen) atoms. The number of fused-ring (bicyclic) bond motifs is 1. The molecule has 0 radical (unpaired) electrons. The number of hydrogen-bond donors (Lipinski definition) is 0. The van der Waals surface area contributed by atoms with Gasteiger partial charge in [0.05, 0.1) is 6.04 Å². The number of aromatic nitrogens is 4. The van der Waals surface area contributed by atoms with E-state index in [9.17, 15) is 5.26 Å². The first-order chi connectivity index (χ1) is 14.2. The monoisotopic (exact) mass is 387 g/mol. The van der Waals surface area contributed by atoms with Gasteiger partial charge in [-0.3, -0.25) is 4.90 Å². The van der Waals surface area contributed by atoms with Gasteiger partial charge in [-0.15, -0.1) is 0 Å². The van der Waals surface area contributed by atoms with Gasteiger partial charge in [-0.1, -0.05) is 11.2 Å². The van der Waals surface area contributed by atoms with Crippen LogP contribution >= 0.6 is 0 Å². The highest BCUT2D eigenvalue weighted by molar-refractivity contribution is 5.53. The predicted octanol–water partition coefficient (Wildman–Crippen LogP) is 2.73. The van der Waals surface area contributed by atoms with Gasteiger partial charge in [0.15, 0.2) is 17.3 Å². The molecule has 0 spiro atoms. The molecule has 0 bridgehead atoms. The van der Waals surface area contributed by atoms with Crippen molar-refractivity contribution in [3.8, 4) is 17.5 Å². The Morgan fingerprint density at radius 3 is 2.93 bits per heavy atom. The fourth-order valence-electron chi connectivity index (χ4n) is 4.45. The number of nitriles is 1. The zero-order chi connectivity index (χ0) is 19.8. The van der Waals surface area contributed by atoms with Crippen LogP contribution in [-0.2, 0) is 0 Å². The summed E-state index contributed by atoms with van der Waals surface area (Å²) in [4.78, 5) is 17.8. The van der Waals surface area contributed by atoms with Gasteiger partial charge in [0.25, 0.3) is 0 Å². The van der Waals surface area contributed by atoms with E-state index in [1.165, 1.54) is 0 Å². The highest BCUT2D eigenvalue weighted by Gasteiger charge is 2.40. The maximum atomic E-state index is 9.33. The molecule has 3 aromatic heterocycles. The van der Waals surface area contributed by atoms with Gasteiger partial charge >= 0.3 is 0 Å². The summed E-state index contributed by atoms with van der Waals surface area (Å²) in [7, 11) is 0. The molecule has 5 heterocycles. The molecular weight excluding hydrogens is 366 g/mol. The van der Waals surface area contributed by atoms with Gasteiger partial charge in [-0.2, -0.15) is 5.26 Å². The number of rotatable bonds is 3. The van der Waals surface area contributed by atoms with E-state index < -0.39 is 0 Å². The van der Waals surface area contributed by atoms with E-state index in [1.807, 2.05) is 31.2 Å². The van der Waals surface area contributed by atoms with Gasteiger partial charge in [0.2, 0.25) is 0 Å². The Hall–Kier alpha value is -3.31. The van der Waals surface area contributed by atoms with E-state index in [4.69, 9.17) is 4.52 Å². The molecule has 0 aromatic carbocycles. The Balaban J connectivity index is 1.33. The van der Waals surface area contributed by atoms with Crippen LogP contribution in [0.5, 0.6) is 0 Å². The highest BCUT2D eigenvalue weighted by Crippen LogP contribution is 2.39. The third-order valence-corrected chi connectivity index (χ3v) is 5.80. The molecule has 0 unspecified atom stereocenters. The van der Waals surface area contributed by atoms with Crippen LogP contribution < -0.4 is 4.90 Å². The molecule has 2 aliphatic heterocycles. The zero-order valence-corrected chi connectivity index (χ0v) is 16.2. The van der Waals surface area contributed by atoms with Crippen molar-refractivity contribution < 1.29 is 4.52 Å². The minimum absolute atomic E-state index is 0.252. The summed E-state index contributed by atoms with van der Waals surface area (Å²) in [5.41, 5.74) is 3.13. The molecule has 0 aliphatic carbocycles. The molecule has 2 saturated heterocycles. The van der Waals surface area contributed by atoms with Crippen LogP contribution in [0.1, 0.15) is 36.0 Å². The van der Waals surface area contributed by atoms with Crippen molar-refractivity contribution in [2.75, 3.05) is 24.5 Å². The summed E-state index contributed by atoms with van der Waals surface area (Å²) in [6.07, 6.45) is 5.33. The third kappa shape index (κ3) is 3.23. The van der Waals surface area contributed by atoms with Crippen LogP contribution in [0.2, 0.25) is 0 Å². The van der Waals surface area contributed by atoms with Crippen LogP contribution in [-0.4, -0.2) is 50.7 Å². The van der Waals surface area contributed by atoms with Crippen molar-refractivity contribution in [2.45, 2.75) is 31.8 Å². The highest BCUT2D eigenvalue weighted by atomic mass is 16.5. The lowest BCUT2D eigenvalue weighted by atomic mass is 10.1. The number of piperazine rings is 1. The Labute approximate surface area is 168 Å². The van der Waals surface area contributed by atoms with E-state index in [0.717, 1.165) is 49.6 Å². The van der Waals surface area contributed by atoms with E-state index in [-0.39, 0.29) is 6.04 Å². The number of hydrogen-bond acceptors (Lipinski definition) is 8. The Morgan fingerprint density at radius 1 is 1.17 bits per heavy atom. The molecular formula is C21H21N7O. The number of pyridine rings is 1. The fourth-order valence-corrected chi connectivity index (χ4v) is 4.45. The summed E-state index contributed by atoms with van der Waals surface area (Å²) < 4.78 is 5.61. The van der Waals surface area contributed by atoms with Crippen LogP contribution in [0.25, 0.3) is 11.5 Å². The van der Waals surface area contributed by atoms with Crippen molar-refractivity contribution >= 4 is 5.82 Å². The first-order valence-corrected chi connectivity index (χ1v) is 9.85. The molecule has 146 valence electrons. The molecule has 8 nitrogen and oxygen atoms in total. The normalized spacial score (nSPS) is 21.7. The molecule has 3 aromatic rings. The van der Waals surface area contributed by atoms with Crippen LogP contribution in [0.15, 0.2) is 41.2 Å². The molecule has 0 amide bonds. The van der Waals surface area contributed by atoms with E-state index in [0.29, 0.717) is 23.3 Å². The van der Waals surface area contributed by atoms with Gasteiger partial charge in [-0.25, -0.2) is 15.0 Å². The molecule has 5 rings (SSSR count). The minimum Gasteiger partial charge on any atom is -0.354 e. The average molecular weight is 387 g/mol. The lowest BCUT2D eigenvalue weighted by molar-refractivity contribution is 0.170. The second kappa shape index (κ2) is 7.26. The van der Waals surface area contributed by atoms with E-state index >= 15 is 0 Å². The van der Waals surface area contributed by atoms with Crippen molar-refractivity contribution in [3.05, 3.63) is 53.7 Å². The molecule has 0 saturated carbocycles. The second-order valence-corrected chi connectivity index (χ2v) is 7.55. The lowest BCUT2D eigenvalue weighted by Gasteiger charge is -2.40. The van der Waals surface area contributed by atoms with Gasteiger partial charge in [0.1, 0.15) is 17.5 Å². The van der Waals surface area contributed by atoms with E-state index in [2.05, 4.69) is 36.0 Å². The average Bonchev–Trinajstić information content (AvgIpc) is 3.40. The number of nitrogens with zero attached hydrogens (tertiary/aromatic N) is 7. The minimum atomic E-state index is 0.252. The fraction of sp³-hybridized carbons (Fsp3) is 0.381.